The van der Waals surface area contributed by atoms with Crippen LogP contribution in [-0.2, 0) is 19.1 Å². The molecular formula is C28H44O5. The molecule has 0 bridgehead atoms. The second-order valence-corrected chi connectivity index (χ2v) is 12.0. The van der Waals surface area contributed by atoms with Gasteiger partial charge in [-0.25, -0.2) is 4.79 Å². The topological polar surface area (TPSA) is 80.7 Å². The molecule has 0 amide bonds. The zero-order valence-corrected chi connectivity index (χ0v) is 21.5. The Bertz CT molecular complexity index is 798. The fraction of sp³-hybridized carbons (Fsp3) is 0.821. The number of hydrogen-bond acceptors (Lipinski definition) is 5. The Morgan fingerprint density at radius 3 is 2.42 bits per heavy atom. The van der Waals surface area contributed by atoms with Gasteiger partial charge in [0.1, 0.15) is 0 Å². The number of fused-ring (bicyclic) bond motifs is 1. The van der Waals surface area contributed by atoms with Crippen molar-refractivity contribution in [3.63, 3.8) is 0 Å². The smallest absolute Gasteiger partial charge is 0.332 e. The molecule has 7 atom stereocenters. The van der Waals surface area contributed by atoms with E-state index in [2.05, 4.69) is 34.6 Å². The van der Waals surface area contributed by atoms with Crippen molar-refractivity contribution in [1.82, 2.24) is 0 Å². The van der Waals surface area contributed by atoms with Crippen LogP contribution in [0, 0.1) is 35.0 Å². The average molecular weight is 461 g/mol. The summed E-state index contributed by atoms with van der Waals surface area (Å²) in [6.07, 6.45) is 7.28. The molecule has 0 saturated heterocycles. The van der Waals surface area contributed by atoms with Crippen LogP contribution in [0.1, 0.15) is 99.3 Å². The molecule has 5 nitrogen and oxygen atoms in total. The lowest BCUT2D eigenvalue weighted by atomic mass is 9.60. The Hall–Kier alpha value is -1.49. The molecule has 3 aliphatic rings. The van der Waals surface area contributed by atoms with E-state index in [1.54, 1.807) is 6.92 Å². The summed E-state index contributed by atoms with van der Waals surface area (Å²) in [5, 5.41) is 9.72. The van der Waals surface area contributed by atoms with Crippen LogP contribution in [0.2, 0.25) is 0 Å². The Morgan fingerprint density at radius 1 is 1.09 bits per heavy atom. The molecule has 0 aromatic heterocycles. The van der Waals surface area contributed by atoms with Crippen molar-refractivity contribution < 1.29 is 24.2 Å². The quantitative estimate of drug-likeness (QED) is 0.405. The first-order valence-electron chi connectivity index (χ1n) is 13.1. The van der Waals surface area contributed by atoms with Gasteiger partial charge in [0.15, 0.2) is 17.2 Å². The summed E-state index contributed by atoms with van der Waals surface area (Å²) in [5.74, 6) is 1.82. The molecule has 186 valence electrons. The molecule has 3 aliphatic carbocycles. The maximum absolute atomic E-state index is 12.9. The van der Waals surface area contributed by atoms with Crippen LogP contribution in [-0.4, -0.2) is 34.3 Å². The predicted molar refractivity (Wildman–Crippen MR) is 128 cm³/mol. The number of Topliss-reactive ketones (excluding diaryl/α,β-unsaturated/α-hetero) is 2. The summed E-state index contributed by atoms with van der Waals surface area (Å²) in [7, 11) is 0. The van der Waals surface area contributed by atoms with Gasteiger partial charge in [0, 0.05) is 24.5 Å². The second-order valence-electron chi connectivity index (χ2n) is 12.0. The molecule has 5 heteroatoms. The SMILES string of the molecule is CC(C)[C@@H](C)CC[C@H](C)[C@H]1CC[C@H]2/C(=C/C(=O)O[C@]3(C)CC[C@@H](O)CC3=O)C(=O)CC[C@]12C. The maximum atomic E-state index is 12.9. The number of carbonyl (C=O) groups excluding carboxylic acids is 3. The number of ether oxygens (including phenoxy) is 1. The lowest BCUT2D eigenvalue weighted by Crippen LogP contribution is -2.46. The molecule has 3 saturated carbocycles. The van der Waals surface area contributed by atoms with Gasteiger partial charge in [-0.1, -0.05) is 47.5 Å². The van der Waals surface area contributed by atoms with Crippen molar-refractivity contribution in [2.45, 2.75) is 111 Å². The molecule has 33 heavy (non-hydrogen) atoms. The number of carbonyl (C=O) groups is 3. The number of aliphatic hydroxyl groups excluding tert-OH is 1. The third-order valence-electron chi connectivity index (χ3n) is 9.46. The first-order chi connectivity index (χ1) is 15.4. The van der Waals surface area contributed by atoms with E-state index in [0.717, 1.165) is 19.3 Å². The standard InChI is InChI=1S/C28H44O5/c1-17(2)18(3)7-8-19(4)22-9-10-23-21(24(30)12-13-27(22,23)5)16-26(32)33-28(6)14-11-20(29)15-25(28)31/h16-20,22-23,29H,7-15H2,1-6H3/b21-16-/t18-,19-,20+,22+,23-,27+,28+/m0/s1. The molecule has 0 unspecified atom stereocenters. The van der Waals surface area contributed by atoms with Crippen molar-refractivity contribution in [3.8, 4) is 0 Å². The predicted octanol–water partition coefficient (Wildman–Crippen LogP) is 5.43. The molecule has 0 radical (unpaired) electrons. The molecule has 3 fully saturated rings. The number of allylic oxidation sites excluding steroid dienone is 1. The van der Waals surface area contributed by atoms with E-state index < -0.39 is 17.7 Å². The molecule has 0 aliphatic heterocycles. The highest BCUT2D eigenvalue weighted by Gasteiger charge is 2.53. The van der Waals surface area contributed by atoms with Gasteiger partial charge >= 0.3 is 5.97 Å². The first kappa shape index (κ1) is 26.1. The highest BCUT2D eigenvalue weighted by molar-refractivity contribution is 6.02. The van der Waals surface area contributed by atoms with Gasteiger partial charge in [-0.15, -0.1) is 0 Å². The second kappa shape index (κ2) is 10.0. The minimum absolute atomic E-state index is 0.00890. The van der Waals surface area contributed by atoms with E-state index in [4.69, 9.17) is 4.74 Å². The van der Waals surface area contributed by atoms with E-state index in [9.17, 15) is 19.5 Å². The molecule has 0 spiro atoms. The number of hydrogen-bond donors (Lipinski definition) is 1. The Morgan fingerprint density at radius 2 is 1.79 bits per heavy atom. The first-order valence-corrected chi connectivity index (χ1v) is 13.1. The summed E-state index contributed by atoms with van der Waals surface area (Å²) in [5.41, 5.74) is -0.588. The molecule has 0 aromatic rings. The van der Waals surface area contributed by atoms with Crippen molar-refractivity contribution >= 4 is 17.5 Å². The molecule has 3 rings (SSSR count). The summed E-state index contributed by atoms with van der Waals surface area (Å²) in [6.45, 7) is 13.2. The lowest BCUT2D eigenvalue weighted by Gasteiger charge is -2.44. The van der Waals surface area contributed by atoms with E-state index in [1.807, 2.05) is 0 Å². The number of aliphatic hydroxyl groups is 1. The Kier molecular flexibility index (Phi) is 7.93. The minimum Gasteiger partial charge on any atom is -0.448 e. The van der Waals surface area contributed by atoms with Crippen molar-refractivity contribution in [3.05, 3.63) is 11.6 Å². The van der Waals surface area contributed by atoms with Crippen molar-refractivity contribution in [1.29, 1.82) is 0 Å². The van der Waals surface area contributed by atoms with Crippen LogP contribution in [0.4, 0.5) is 0 Å². The summed E-state index contributed by atoms with van der Waals surface area (Å²) < 4.78 is 5.61. The van der Waals surface area contributed by atoms with E-state index in [-0.39, 0.29) is 29.3 Å². The summed E-state index contributed by atoms with van der Waals surface area (Å²) >= 11 is 0. The van der Waals surface area contributed by atoms with Crippen LogP contribution in [0.25, 0.3) is 0 Å². The monoisotopic (exact) mass is 460 g/mol. The Labute approximate surface area is 199 Å². The third-order valence-corrected chi connectivity index (χ3v) is 9.46. The molecular weight excluding hydrogens is 416 g/mol. The van der Waals surface area contributed by atoms with Crippen molar-refractivity contribution in [2.24, 2.45) is 35.0 Å². The highest BCUT2D eigenvalue weighted by atomic mass is 16.6. The fourth-order valence-corrected chi connectivity index (χ4v) is 6.63. The van der Waals surface area contributed by atoms with Gasteiger partial charge in [-0.2, -0.15) is 0 Å². The summed E-state index contributed by atoms with van der Waals surface area (Å²) in [4.78, 5) is 38.1. The van der Waals surface area contributed by atoms with E-state index in [0.29, 0.717) is 48.5 Å². The van der Waals surface area contributed by atoms with Crippen molar-refractivity contribution in [2.75, 3.05) is 0 Å². The molecule has 0 aromatic carbocycles. The van der Waals surface area contributed by atoms with Gasteiger partial charge in [0.25, 0.3) is 0 Å². The average Bonchev–Trinajstić information content (AvgIpc) is 3.09. The van der Waals surface area contributed by atoms with E-state index >= 15 is 0 Å². The lowest BCUT2D eigenvalue weighted by molar-refractivity contribution is -0.167. The number of ketones is 2. The summed E-state index contributed by atoms with van der Waals surface area (Å²) in [6, 6.07) is 0. The number of rotatable bonds is 7. The molecule has 0 heterocycles. The van der Waals surface area contributed by atoms with Crippen LogP contribution in [0.5, 0.6) is 0 Å². The zero-order chi connectivity index (χ0) is 24.6. The van der Waals surface area contributed by atoms with Crippen LogP contribution >= 0.6 is 0 Å². The van der Waals surface area contributed by atoms with Gasteiger partial charge in [-0.3, -0.25) is 9.59 Å². The zero-order valence-electron chi connectivity index (χ0n) is 21.5. The normalized spacial score (nSPS) is 37.8. The Balaban J connectivity index is 1.72. The van der Waals surface area contributed by atoms with E-state index in [1.165, 1.54) is 18.9 Å². The fourth-order valence-electron chi connectivity index (χ4n) is 6.63. The van der Waals surface area contributed by atoms with Gasteiger partial charge in [-0.05, 0) is 74.0 Å². The van der Waals surface area contributed by atoms with Gasteiger partial charge in [0.2, 0.25) is 0 Å². The van der Waals surface area contributed by atoms with Gasteiger partial charge < -0.3 is 9.84 Å². The number of esters is 1. The minimum atomic E-state index is -1.21. The van der Waals surface area contributed by atoms with Crippen LogP contribution in [0.15, 0.2) is 11.6 Å². The van der Waals surface area contributed by atoms with Crippen LogP contribution in [0.3, 0.4) is 0 Å². The third kappa shape index (κ3) is 5.44. The highest BCUT2D eigenvalue weighted by Crippen LogP contribution is 2.59. The maximum Gasteiger partial charge on any atom is 0.332 e. The van der Waals surface area contributed by atoms with Crippen LogP contribution < -0.4 is 0 Å². The largest absolute Gasteiger partial charge is 0.448 e. The van der Waals surface area contributed by atoms with Gasteiger partial charge in [0.05, 0.1) is 6.10 Å². The molecule has 1 N–H and O–H groups in total.